The van der Waals surface area contributed by atoms with E-state index >= 15 is 0 Å². The van der Waals surface area contributed by atoms with Gasteiger partial charge in [0.1, 0.15) is 12.3 Å². The number of anilines is 2. The van der Waals surface area contributed by atoms with Crippen molar-refractivity contribution in [3.63, 3.8) is 0 Å². The lowest BCUT2D eigenvalue weighted by Gasteiger charge is -2.38. The lowest BCUT2D eigenvalue weighted by molar-refractivity contribution is 0.0501. The molecule has 5 heterocycles. The Kier molecular flexibility index (Phi) is 5.08. The molecule has 4 aromatic heterocycles. The number of ether oxygens (including phenoxy) is 1. The third-order valence-electron chi connectivity index (χ3n) is 5.95. The lowest BCUT2D eigenvalue weighted by atomic mass is 10.1. The molecule has 1 amide bonds. The molecule has 33 heavy (non-hydrogen) atoms. The number of aromatic nitrogens is 6. The molecule has 0 radical (unpaired) electrons. The van der Waals surface area contributed by atoms with Crippen LogP contribution in [0.1, 0.15) is 17.7 Å². The second-order valence-corrected chi connectivity index (χ2v) is 8.15. The van der Waals surface area contributed by atoms with E-state index in [1.807, 2.05) is 51.4 Å². The summed E-state index contributed by atoms with van der Waals surface area (Å²) in [6.07, 6.45) is 3.41. The number of aryl methyl sites for hydroxylation is 3. The zero-order valence-electron chi connectivity index (χ0n) is 18.6. The van der Waals surface area contributed by atoms with Crippen LogP contribution in [0.3, 0.4) is 0 Å². The highest BCUT2D eigenvalue weighted by Gasteiger charge is 2.32. The zero-order chi connectivity index (χ0) is 23.1. The predicted molar refractivity (Wildman–Crippen MR) is 121 cm³/mol. The third-order valence-corrected chi connectivity index (χ3v) is 5.95. The van der Waals surface area contributed by atoms with Crippen molar-refractivity contribution in [3.05, 3.63) is 47.9 Å². The Labute approximate surface area is 189 Å². The van der Waals surface area contributed by atoms with Gasteiger partial charge in [-0.2, -0.15) is 15.3 Å². The topological polar surface area (TPSA) is 123 Å². The van der Waals surface area contributed by atoms with Gasteiger partial charge in [-0.15, -0.1) is 5.10 Å². The summed E-state index contributed by atoms with van der Waals surface area (Å²) >= 11 is 0. The summed E-state index contributed by atoms with van der Waals surface area (Å²) in [5, 5.41) is 29.6. The molecule has 0 spiro atoms. The Morgan fingerprint density at radius 1 is 1.24 bits per heavy atom. The minimum Gasteiger partial charge on any atom is -0.487 e. The van der Waals surface area contributed by atoms with E-state index < -0.39 is 6.09 Å². The van der Waals surface area contributed by atoms with Gasteiger partial charge in [0.2, 0.25) is 0 Å². The fourth-order valence-corrected chi connectivity index (χ4v) is 3.85. The van der Waals surface area contributed by atoms with E-state index in [4.69, 9.17) is 4.74 Å². The highest BCUT2D eigenvalue weighted by Crippen LogP contribution is 2.31. The number of carboxylic acid groups (broad SMARTS) is 1. The second kappa shape index (κ2) is 8.08. The van der Waals surface area contributed by atoms with Gasteiger partial charge in [0.15, 0.2) is 17.4 Å². The van der Waals surface area contributed by atoms with E-state index in [0.29, 0.717) is 30.5 Å². The fraction of sp³-hybridized carbons (Fsp3) is 0.318. The molecule has 1 aliphatic heterocycles. The SMILES string of the molecule is Cc1cc(Nc2cc3cc(-c4c(OC[C@H]5CCN5C(=O)O)cnn4C)ccn3n2)nnc1C. The number of carbonyl (C=O) groups is 1. The van der Waals surface area contributed by atoms with E-state index in [0.717, 1.165) is 34.5 Å². The van der Waals surface area contributed by atoms with Gasteiger partial charge in [-0.25, -0.2) is 9.31 Å². The molecule has 11 heteroatoms. The van der Waals surface area contributed by atoms with Crippen LogP contribution in [-0.4, -0.2) is 64.9 Å². The molecule has 5 rings (SSSR count). The van der Waals surface area contributed by atoms with Crippen molar-refractivity contribution in [3.8, 4) is 17.0 Å². The van der Waals surface area contributed by atoms with E-state index in [2.05, 4.69) is 25.7 Å². The maximum Gasteiger partial charge on any atom is 0.407 e. The number of hydrogen-bond donors (Lipinski definition) is 2. The minimum atomic E-state index is -0.913. The Morgan fingerprint density at radius 3 is 2.82 bits per heavy atom. The van der Waals surface area contributed by atoms with E-state index in [1.165, 1.54) is 4.90 Å². The molecule has 0 aliphatic carbocycles. The first-order chi connectivity index (χ1) is 15.9. The molecule has 11 nitrogen and oxygen atoms in total. The molecule has 0 saturated carbocycles. The molecule has 0 bridgehead atoms. The first-order valence-electron chi connectivity index (χ1n) is 10.6. The van der Waals surface area contributed by atoms with Gasteiger partial charge < -0.3 is 20.1 Å². The highest BCUT2D eigenvalue weighted by atomic mass is 16.5. The van der Waals surface area contributed by atoms with E-state index in [-0.39, 0.29) is 6.04 Å². The van der Waals surface area contributed by atoms with E-state index in [9.17, 15) is 9.90 Å². The molecule has 0 aromatic carbocycles. The summed E-state index contributed by atoms with van der Waals surface area (Å²) in [5.41, 5.74) is 4.56. The molecule has 0 unspecified atom stereocenters. The Morgan fingerprint density at radius 2 is 2.09 bits per heavy atom. The number of pyridine rings is 1. The van der Waals surface area contributed by atoms with Crippen molar-refractivity contribution in [1.82, 2.24) is 34.5 Å². The van der Waals surface area contributed by atoms with Crippen molar-refractivity contribution in [2.45, 2.75) is 26.3 Å². The maximum absolute atomic E-state index is 11.2. The lowest BCUT2D eigenvalue weighted by Crippen LogP contribution is -2.53. The van der Waals surface area contributed by atoms with Gasteiger partial charge in [0.05, 0.1) is 23.4 Å². The Balaban J connectivity index is 1.37. The molecule has 1 atom stereocenters. The van der Waals surface area contributed by atoms with Gasteiger partial charge >= 0.3 is 6.09 Å². The van der Waals surface area contributed by atoms with Crippen LogP contribution in [0.4, 0.5) is 16.4 Å². The molecular formula is C22H24N8O3. The Bertz CT molecular complexity index is 1340. The predicted octanol–water partition coefficient (Wildman–Crippen LogP) is 3.02. The number of likely N-dealkylation sites (tertiary alicyclic amines) is 1. The fourth-order valence-electron chi connectivity index (χ4n) is 3.85. The number of rotatable bonds is 6. The average molecular weight is 448 g/mol. The third kappa shape index (κ3) is 3.93. The van der Waals surface area contributed by atoms with Gasteiger partial charge in [0.25, 0.3) is 0 Å². The zero-order valence-corrected chi connectivity index (χ0v) is 18.6. The molecule has 4 aromatic rings. The summed E-state index contributed by atoms with van der Waals surface area (Å²) < 4.78 is 9.50. The van der Waals surface area contributed by atoms with Crippen LogP contribution in [0, 0.1) is 13.8 Å². The smallest absolute Gasteiger partial charge is 0.407 e. The van der Waals surface area contributed by atoms with Gasteiger partial charge in [0, 0.05) is 31.4 Å². The molecule has 1 aliphatic rings. The molecule has 2 N–H and O–H groups in total. The molecule has 1 saturated heterocycles. The number of hydrogen-bond acceptors (Lipinski definition) is 7. The average Bonchev–Trinajstić information content (AvgIpc) is 3.31. The van der Waals surface area contributed by atoms with Gasteiger partial charge in [-0.3, -0.25) is 4.68 Å². The van der Waals surface area contributed by atoms with E-state index in [1.54, 1.807) is 15.4 Å². The summed E-state index contributed by atoms with van der Waals surface area (Å²) in [7, 11) is 1.85. The van der Waals surface area contributed by atoms with Crippen LogP contribution in [0.15, 0.2) is 36.7 Å². The summed E-state index contributed by atoms with van der Waals surface area (Å²) in [6.45, 7) is 4.75. The van der Waals surface area contributed by atoms with Crippen LogP contribution >= 0.6 is 0 Å². The summed E-state index contributed by atoms with van der Waals surface area (Å²) in [4.78, 5) is 12.6. The van der Waals surface area contributed by atoms with Crippen LogP contribution in [0.2, 0.25) is 0 Å². The van der Waals surface area contributed by atoms with Crippen molar-refractivity contribution in [2.24, 2.45) is 7.05 Å². The van der Waals surface area contributed by atoms with Crippen molar-refractivity contribution >= 4 is 23.2 Å². The van der Waals surface area contributed by atoms with Crippen molar-refractivity contribution < 1.29 is 14.6 Å². The first-order valence-corrected chi connectivity index (χ1v) is 10.6. The molecule has 1 fully saturated rings. The summed E-state index contributed by atoms with van der Waals surface area (Å²) in [6, 6.07) is 7.67. The Hall–Kier alpha value is -4.15. The number of nitrogens with zero attached hydrogens (tertiary/aromatic N) is 7. The van der Waals surface area contributed by atoms with Crippen molar-refractivity contribution in [1.29, 1.82) is 0 Å². The number of amides is 1. The number of fused-ring (bicyclic) bond motifs is 1. The van der Waals surface area contributed by atoms with Crippen LogP contribution in [0.5, 0.6) is 5.75 Å². The normalized spacial score (nSPS) is 15.5. The largest absolute Gasteiger partial charge is 0.487 e. The quantitative estimate of drug-likeness (QED) is 0.461. The first kappa shape index (κ1) is 20.7. The molecular weight excluding hydrogens is 424 g/mol. The van der Waals surface area contributed by atoms with Crippen LogP contribution < -0.4 is 10.1 Å². The molecule has 170 valence electrons. The number of nitrogens with one attached hydrogen (secondary N) is 1. The van der Waals surface area contributed by atoms with Crippen LogP contribution in [0.25, 0.3) is 16.8 Å². The van der Waals surface area contributed by atoms with Crippen molar-refractivity contribution in [2.75, 3.05) is 18.5 Å². The second-order valence-electron chi connectivity index (χ2n) is 8.15. The standard InChI is InChI=1S/C22H24N8O3/c1-13-8-19(26-25-14(13)2)24-20-10-17-9-15(4-7-30(17)27-20)21-18(11-23-28(21)3)33-12-16-5-6-29(16)22(31)32/h4,7-11,16H,5-6,12H2,1-3H3,(H,31,32)(H,24,26,27)/t16-/m1/s1. The van der Waals surface area contributed by atoms with Crippen LogP contribution in [-0.2, 0) is 7.05 Å². The van der Waals surface area contributed by atoms with Gasteiger partial charge in [-0.05, 0) is 44.0 Å². The minimum absolute atomic E-state index is 0.130. The highest BCUT2D eigenvalue weighted by molar-refractivity contribution is 5.73. The summed E-state index contributed by atoms with van der Waals surface area (Å²) in [5.74, 6) is 1.91. The maximum atomic E-state index is 11.2. The monoisotopic (exact) mass is 448 g/mol. The van der Waals surface area contributed by atoms with Gasteiger partial charge in [-0.1, -0.05) is 0 Å².